The van der Waals surface area contributed by atoms with Gasteiger partial charge in [-0.3, -0.25) is 4.99 Å². The summed E-state index contributed by atoms with van der Waals surface area (Å²) in [4.78, 5) is 23.5. The average molecular weight is 432 g/mol. The van der Waals surface area contributed by atoms with Crippen molar-refractivity contribution in [1.29, 1.82) is 0 Å². The summed E-state index contributed by atoms with van der Waals surface area (Å²) in [5.41, 5.74) is 3.11. The first kappa shape index (κ1) is 23.5. The molecule has 0 aromatic heterocycles. The van der Waals surface area contributed by atoms with Gasteiger partial charge in [0.15, 0.2) is 0 Å². The van der Waals surface area contributed by atoms with E-state index in [1.807, 2.05) is 44.3 Å². The van der Waals surface area contributed by atoms with Crippen LogP contribution in [0.3, 0.4) is 0 Å². The van der Waals surface area contributed by atoms with Gasteiger partial charge >= 0.3 is 5.97 Å². The van der Waals surface area contributed by atoms with Crippen LogP contribution in [0.2, 0.25) is 0 Å². The maximum absolute atomic E-state index is 11.5. The van der Waals surface area contributed by atoms with Gasteiger partial charge in [-0.2, -0.15) is 0 Å². The Kier molecular flexibility index (Phi) is 7.98. The Bertz CT molecular complexity index is 1020. The van der Waals surface area contributed by atoms with E-state index in [-0.39, 0.29) is 6.04 Å². The van der Waals surface area contributed by atoms with Gasteiger partial charge in [0, 0.05) is 12.6 Å². The molecule has 5 nitrogen and oxygen atoms in total. The molecule has 168 valence electrons. The Morgan fingerprint density at radius 1 is 1.12 bits per heavy atom. The molecular formula is C27H33N3O2. The molecule has 0 fully saturated rings. The van der Waals surface area contributed by atoms with Crippen LogP contribution < -0.4 is 0 Å². The van der Waals surface area contributed by atoms with Gasteiger partial charge in [-0.15, -0.1) is 0 Å². The largest absolute Gasteiger partial charge is 0.478 e. The zero-order valence-corrected chi connectivity index (χ0v) is 19.5. The van der Waals surface area contributed by atoms with Crippen molar-refractivity contribution < 1.29 is 9.90 Å². The second-order valence-electron chi connectivity index (χ2n) is 7.99. The molecule has 0 radical (unpaired) electrons. The van der Waals surface area contributed by atoms with Gasteiger partial charge in [0.2, 0.25) is 0 Å². The Labute approximate surface area is 191 Å². The number of carboxylic acid groups (broad SMARTS) is 1. The number of benzene rings is 2. The van der Waals surface area contributed by atoms with Crippen LogP contribution in [0.15, 0.2) is 70.8 Å². The predicted octanol–water partition coefficient (Wildman–Crippen LogP) is 6.41. The zero-order chi connectivity index (χ0) is 23.1. The Hall–Kier alpha value is -3.21. The third kappa shape index (κ3) is 5.16. The van der Waals surface area contributed by atoms with Crippen LogP contribution in [-0.2, 0) is 6.54 Å². The van der Waals surface area contributed by atoms with Crippen molar-refractivity contribution >= 4 is 17.6 Å². The highest BCUT2D eigenvalue weighted by Crippen LogP contribution is 2.28. The Balaban J connectivity index is 0.00000141. The number of hydrogen-bond donors (Lipinski definition) is 1. The topological polar surface area (TPSA) is 65.3 Å². The second kappa shape index (κ2) is 10.9. The van der Waals surface area contributed by atoms with E-state index in [0.717, 1.165) is 54.2 Å². The first-order chi connectivity index (χ1) is 15.6. The van der Waals surface area contributed by atoms with E-state index >= 15 is 0 Å². The standard InChI is InChI=1S/C25H27N3O2.C2H6/c1-3-6-23-27-22-15-17(2)13-14-26-24(22)28(23)16-18-9-11-19(12-10-18)20-7-4-5-8-21(20)25(29)30;1-2/h4-5,7-14,17,22H,3,6,15-16H2,1-2H3,(H,29,30);1-2H3. The number of aromatic carboxylic acids is 1. The minimum atomic E-state index is -0.910. The summed E-state index contributed by atoms with van der Waals surface area (Å²) < 4.78 is 0. The predicted molar refractivity (Wildman–Crippen MR) is 132 cm³/mol. The molecule has 2 aliphatic heterocycles. The van der Waals surface area contributed by atoms with Crippen molar-refractivity contribution in [2.24, 2.45) is 15.9 Å². The number of fused-ring (bicyclic) bond motifs is 1. The van der Waals surface area contributed by atoms with Crippen molar-refractivity contribution in [3.8, 4) is 11.1 Å². The lowest BCUT2D eigenvalue weighted by molar-refractivity contribution is 0.0697. The molecule has 32 heavy (non-hydrogen) atoms. The number of aliphatic imine (C=N–C) groups is 2. The summed E-state index contributed by atoms with van der Waals surface area (Å²) in [5, 5.41) is 9.46. The molecule has 0 saturated heterocycles. The normalized spacial score (nSPS) is 19.3. The van der Waals surface area contributed by atoms with Crippen LogP contribution in [0.25, 0.3) is 11.1 Å². The molecule has 2 unspecified atom stereocenters. The molecule has 2 aromatic carbocycles. The van der Waals surface area contributed by atoms with E-state index in [1.165, 1.54) is 0 Å². The minimum absolute atomic E-state index is 0.137. The van der Waals surface area contributed by atoms with Crippen LogP contribution in [0.1, 0.15) is 62.9 Å². The fourth-order valence-electron chi connectivity index (χ4n) is 4.12. The first-order valence-electron chi connectivity index (χ1n) is 11.6. The van der Waals surface area contributed by atoms with Crippen molar-refractivity contribution in [2.75, 3.05) is 0 Å². The lowest BCUT2D eigenvalue weighted by Crippen LogP contribution is -2.35. The fourth-order valence-corrected chi connectivity index (χ4v) is 4.12. The van der Waals surface area contributed by atoms with Crippen molar-refractivity contribution in [1.82, 2.24) is 4.90 Å². The van der Waals surface area contributed by atoms with Crippen LogP contribution >= 0.6 is 0 Å². The highest BCUT2D eigenvalue weighted by molar-refractivity contribution is 6.08. The van der Waals surface area contributed by atoms with Gasteiger partial charge in [0.25, 0.3) is 0 Å². The monoisotopic (exact) mass is 431 g/mol. The number of nitrogens with zero attached hydrogens (tertiary/aromatic N) is 3. The zero-order valence-electron chi connectivity index (χ0n) is 19.5. The minimum Gasteiger partial charge on any atom is -0.478 e. The number of carbonyl (C=O) groups is 1. The summed E-state index contributed by atoms with van der Waals surface area (Å²) in [5.74, 6) is 1.71. The molecule has 0 spiro atoms. The third-order valence-electron chi connectivity index (χ3n) is 5.64. The number of carboxylic acids is 1. The fraction of sp³-hybridized carbons (Fsp3) is 0.370. The van der Waals surface area contributed by atoms with Crippen LogP contribution in [-0.4, -0.2) is 33.7 Å². The SMILES string of the molecule is CC.CCCC1=NC2CC(C)C=CN=C2N1Cc1ccc(-c2ccccc2C(=O)O)cc1. The van der Waals surface area contributed by atoms with E-state index in [9.17, 15) is 9.90 Å². The average Bonchev–Trinajstić information content (AvgIpc) is 2.99. The molecule has 2 atom stereocenters. The quantitative estimate of drug-likeness (QED) is 0.574. The number of allylic oxidation sites excluding steroid dienone is 1. The summed E-state index contributed by atoms with van der Waals surface area (Å²) in [7, 11) is 0. The van der Waals surface area contributed by atoms with Crippen molar-refractivity contribution in [2.45, 2.75) is 59.5 Å². The lowest BCUT2D eigenvalue weighted by Gasteiger charge is -2.22. The summed E-state index contributed by atoms with van der Waals surface area (Å²) >= 11 is 0. The molecule has 5 heteroatoms. The molecule has 0 bridgehead atoms. The smallest absolute Gasteiger partial charge is 0.336 e. The van der Waals surface area contributed by atoms with Gasteiger partial charge in [-0.1, -0.05) is 76.2 Å². The highest BCUT2D eigenvalue weighted by Gasteiger charge is 2.33. The van der Waals surface area contributed by atoms with Crippen molar-refractivity contribution in [3.63, 3.8) is 0 Å². The first-order valence-corrected chi connectivity index (χ1v) is 11.6. The van der Waals surface area contributed by atoms with Gasteiger partial charge in [-0.25, -0.2) is 9.79 Å². The van der Waals surface area contributed by atoms with Gasteiger partial charge < -0.3 is 10.0 Å². The maximum Gasteiger partial charge on any atom is 0.336 e. The number of amidine groups is 2. The number of hydrogen-bond acceptors (Lipinski definition) is 4. The van der Waals surface area contributed by atoms with Gasteiger partial charge in [0.05, 0.1) is 12.1 Å². The third-order valence-corrected chi connectivity index (χ3v) is 5.64. The van der Waals surface area contributed by atoms with E-state index in [1.54, 1.807) is 12.1 Å². The molecule has 0 saturated carbocycles. The van der Waals surface area contributed by atoms with Gasteiger partial charge in [0.1, 0.15) is 17.7 Å². The molecule has 2 aromatic rings. The second-order valence-corrected chi connectivity index (χ2v) is 7.99. The van der Waals surface area contributed by atoms with E-state index in [4.69, 9.17) is 9.98 Å². The van der Waals surface area contributed by atoms with Crippen LogP contribution in [0.5, 0.6) is 0 Å². The molecule has 0 aliphatic carbocycles. The molecule has 4 rings (SSSR count). The van der Waals surface area contributed by atoms with E-state index in [0.29, 0.717) is 11.5 Å². The maximum atomic E-state index is 11.5. The summed E-state index contributed by atoms with van der Waals surface area (Å²) in [6.45, 7) is 9.10. The molecule has 1 N–H and O–H groups in total. The van der Waals surface area contributed by atoms with Crippen molar-refractivity contribution in [3.05, 3.63) is 71.9 Å². The van der Waals surface area contributed by atoms with E-state index < -0.39 is 5.97 Å². The molecular weight excluding hydrogens is 398 g/mol. The summed E-state index contributed by atoms with van der Waals surface area (Å²) in [6.07, 6.45) is 7.05. The van der Waals surface area contributed by atoms with Crippen LogP contribution in [0.4, 0.5) is 0 Å². The molecule has 2 aliphatic rings. The molecule has 0 amide bonds. The van der Waals surface area contributed by atoms with Gasteiger partial charge in [-0.05, 0) is 41.5 Å². The Morgan fingerprint density at radius 3 is 2.53 bits per heavy atom. The summed E-state index contributed by atoms with van der Waals surface area (Å²) in [6, 6.07) is 15.4. The molecule has 2 heterocycles. The Morgan fingerprint density at radius 2 is 1.84 bits per heavy atom. The van der Waals surface area contributed by atoms with Crippen LogP contribution in [0, 0.1) is 5.92 Å². The lowest BCUT2D eigenvalue weighted by atomic mass is 9.98. The highest BCUT2D eigenvalue weighted by atomic mass is 16.4. The number of rotatable bonds is 6. The van der Waals surface area contributed by atoms with E-state index in [2.05, 4.69) is 37.0 Å².